The van der Waals surface area contributed by atoms with Gasteiger partial charge in [0, 0.05) is 0 Å². The zero-order chi connectivity index (χ0) is 10.8. The molecule has 0 aliphatic rings. The van der Waals surface area contributed by atoms with Crippen molar-refractivity contribution in [3.05, 3.63) is 35.4 Å². The van der Waals surface area contributed by atoms with Crippen LogP contribution in [0.25, 0.3) is 4.85 Å². The van der Waals surface area contributed by atoms with E-state index in [-0.39, 0.29) is 0 Å². The van der Waals surface area contributed by atoms with Crippen molar-refractivity contribution in [3.63, 3.8) is 0 Å². The first kappa shape index (κ1) is 10.3. The van der Waals surface area contributed by atoms with E-state index in [0.717, 1.165) is 18.2 Å². The van der Waals surface area contributed by atoms with Gasteiger partial charge in [-0.2, -0.15) is 0 Å². The summed E-state index contributed by atoms with van der Waals surface area (Å²) in [5.74, 6) is -2.30. The molecule has 0 spiro atoms. The molecule has 14 heavy (non-hydrogen) atoms. The number of ether oxygens (including phenoxy) is 1. The van der Waals surface area contributed by atoms with Crippen molar-refractivity contribution in [2.45, 2.75) is 6.36 Å². The Labute approximate surface area is 76.5 Å². The van der Waals surface area contributed by atoms with Crippen LogP contribution in [0.4, 0.5) is 23.2 Å². The summed E-state index contributed by atoms with van der Waals surface area (Å²) in [5, 5.41) is 0. The standard InChI is InChI=1S/C8H3F4NO/c1-13-5-3-2-4-6(7(5)9)14-8(10,11)12/h2-4H. The fourth-order valence-electron chi connectivity index (χ4n) is 0.789. The number of rotatable bonds is 1. The average Bonchev–Trinajstić information content (AvgIpc) is 2.06. The summed E-state index contributed by atoms with van der Waals surface area (Å²) < 4.78 is 51.4. The number of nitrogens with zero attached hydrogens (tertiary/aromatic N) is 1. The van der Waals surface area contributed by atoms with Crippen LogP contribution in [0.5, 0.6) is 5.75 Å². The molecule has 0 saturated heterocycles. The number of hydrogen-bond acceptors (Lipinski definition) is 1. The molecular weight excluding hydrogens is 202 g/mol. The summed E-state index contributed by atoms with van der Waals surface area (Å²) >= 11 is 0. The van der Waals surface area contributed by atoms with Crippen molar-refractivity contribution in [2.75, 3.05) is 0 Å². The lowest BCUT2D eigenvalue weighted by Gasteiger charge is -2.09. The monoisotopic (exact) mass is 205 g/mol. The second kappa shape index (κ2) is 3.54. The Hall–Kier alpha value is -1.77. The Kier molecular flexibility index (Phi) is 2.60. The van der Waals surface area contributed by atoms with Crippen LogP contribution in [-0.2, 0) is 0 Å². The summed E-state index contributed by atoms with van der Waals surface area (Å²) in [4.78, 5) is 2.69. The minimum atomic E-state index is -4.96. The second-order valence-electron chi connectivity index (χ2n) is 2.25. The van der Waals surface area contributed by atoms with Gasteiger partial charge < -0.3 is 4.74 Å². The van der Waals surface area contributed by atoms with E-state index in [1.54, 1.807) is 0 Å². The molecule has 1 rings (SSSR count). The van der Waals surface area contributed by atoms with Crippen LogP contribution in [0.15, 0.2) is 18.2 Å². The molecule has 1 aromatic carbocycles. The summed E-state index contributed by atoms with van der Waals surface area (Å²) in [6, 6.07) is 2.97. The van der Waals surface area contributed by atoms with Gasteiger partial charge in [-0.25, -0.2) is 9.24 Å². The highest BCUT2D eigenvalue weighted by Gasteiger charge is 2.32. The zero-order valence-electron chi connectivity index (χ0n) is 6.60. The van der Waals surface area contributed by atoms with Gasteiger partial charge >= 0.3 is 6.36 Å². The fourth-order valence-corrected chi connectivity index (χ4v) is 0.789. The normalized spacial score (nSPS) is 10.8. The number of benzene rings is 1. The Bertz CT molecular complexity index is 380. The van der Waals surface area contributed by atoms with E-state index in [4.69, 9.17) is 6.57 Å². The van der Waals surface area contributed by atoms with Crippen LogP contribution in [0.1, 0.15) is 0 Å². The van der Waals surface area contributed by atoms with Gasteiger partial charge in [0.05, 0.1) is 6.57 Å². The second-order valence-corrected chi connectivity index (χ2v) is 2.25. The van der Waals surface area contributed by atoms with Crippen LogP contribution < -0.4 is 4.74 Å². The fraction of sp³-hybridized carbons (Fsp3) is 0.125. The molecule has 0 fully saturated rings. The molecule has 0 aliphatic heterocycles. The Balaban J connectivity index is 3.06. The number of hydrogen-bond donors (Lipinski definition) is 0. The first-order valence-corrected chi connectivity index (χ1v) is 3.36. The van der Waals surface area contributed by atoms with E-state index in [9.17, 15) is 17.6 Å². The van der Waals surface area contributed by atoms with Crippen LogP contribution in [0.2, 0.25) is 0 Å². The topological polar surface area (TPSA) is 13.6 Å². The summed E-state index contributed by atoms with van der Waals surface area (Å²) in [6.45, 7) is 6.46. The molecule has 0 aliphatic carbocycles. The molecule has 1 aromatic rings. The molecule has 6 heteroatoms. The smallest absolute Gasteiger partial charge is 0.404 e. The molecule has 0 aromatic heterocycles. The minimum absolute atomic E-state index is 0.508. The number of alkyl halides is 3. The zero-order valence-corrected chi connectivity index (χ0v) is 6.60. The van der Waals surface area contributed by atoms with Gasteiger partial charge in [0.2, 0.25) is 5.69 Å². The highest BCUT2D eigenvalue weighted by atomic mass is 19.4. The Morgan fingerprint density at radius 3 is 2.43 bits per heavy atom. The molecule has 0 atom stereocenters. The van der Waals surface area contributed by atoms with Crippen LogP contribution in [0.3, 0.4) is 0 Å². The van der Waals surface area contributed by atoms with E-state index < -0.39 is 23.6 Å². The SMILES string of the molecule is [C-]#[N+]c1cccc(OC(F)(F)F)c1F. The van der Waals surface area contributed by atoms with Crippen LogP contribution in [-0.4, -0.2) is 6.36 Å². The molecule has 0 heterocycles. The summed E-state index contributed by atoms with van der Waals surface area (Å²) in [6.07, 6.45) is -4.96. The third kappa shape index (κ3) is 2.36. The first-order chi connectivity index (χ1) is 6.44. The predicted molar refractivity (Wildman–Crippen MR) is 39.3 cm³/mol. The lowest BCUT2D eigenvalue weighted by molar-refractivity contribution is -0.275. The van der Waals surface area contributed by atoms with Crippen molar-refractivity contribution in [1.29, 1.82) is 0 Å². The lowest BCUT2D eigenvalue weighted by atomic mass is 10.3. The minimum Gasteiger partial charge on any atom is -0.404 e. The van der Waals surface area contributed by atoms with Gasteiger partial charge in [0.15, 0.2) is 11.6 Å². The average molecular weight is 205 g/mol. The first-order valence-electron chi connectivity index (χ1n) is 3.36. The van der Waals surface area contributed by atoms with Gasteiger partial charge in [0.1, 0.15) is 0 Å². The van der Waals surface area contributed by atoms with E-state index in [2.05, 4.69) is 9.58 Å². The third-order valence-corrected chi connectivity index (χ3v) is 1.29. The van der Waals surface area contributed by atoms with Gasteiger partial charge in [-0.15, -0.1) is 13.2 Å². The molecule has 0 unspecified atom stereocenters. The predicted octanol–water partition coefficient (Wildman–Crippen LogP) is 3.28. The largest absolute Gasteiger partial charge is 0.573 e. The summed E-state index contributed by atoms with van der Waals surface area (Å²) in [7, 11) is 0. The molecule has 74 valence electrons. The Morgan fingerprint density at radius 1 is 1.29 bits per heavy atom. The maximum absolute atomic E-state index is 13.0. The lowest BCUT2D eigenvalue weighted by Crippen LogP contribution is -2.17. The molecule has 0 radical (unpaired) electrons. The van der Waals surface area contributed by atoms with E-state index >= 15 is 0 Å². The van der Waals surface area contributed by atoms with Crippen molar-refractivity contribution in [2.24, 2.45) is 0 Å². The van der Waals surface area contributed by atoms with Gasteiger partial charge in [-0.1, -0.05) is 12.1 Å². The highest BCUT2D eigenvalue weighted by Crippen LogP contribution is 2.30. The van der Waals surface area contributed by atoms with E-state index in [1.165, 1.54) is 0 Å². The van der Waals surface area contributed by atoms with Gasteiger partial charge in [0.25, 0.3) is 0 Å². The van der Waals surface area contributed by atoms with Crippen molar-refractivity contribution in [1.82, 2.24) is 0 Å². The molecule has 0 amide bonds. The summed E-state index contributed by atoms with van der Waals surface area (Å²) in [5.41, 5.74) is -0.508. The molecule has 0 N–H and O–H groups in total. The molecule has 2 nitrogen and oxygen atoms in total. The highest BCUT2D eigenvalue weighted by molar-refractivity contribution is 5.50. The van der Waals surface area contributed by atoms with Crippen LogP contribution in [0, 0.1) is 12.4 Å². The third-order valence-electron chi connectivity index (χ3n) is 1.29. The van der Waals surface area contributed by atoms with Crippen molar-refractivity contribution < 1.29 is 22.3 Å². The van der Waals surface area contributed by atoms with Gasteiger partial charge in [-0.05, 0) is 6.07 Å². The Morgan fingerprint density at radius 2 is 1.93 bits per heavy atom. The maximum atomic E-state index is 13.0. The molecule has 0 bridgehead atoms. The van der Waals surface area contributed by atoms with Gasteiger partial charge in [-0.3, -0.25) is 0 Å². The molecular formula is C8H3F4NO. The van der Waals surface area contributed by atoms with Crippen molar-refractivity contribution >= 4 is 5.69 Å². The van der Waals surface area contributed by atoms with E-state index in [1.807, 2.05) is 0 Å². The maximum Gasteiger partial charge on any atom is 0.573 e. The van der Waals surface area contributed by atoms with Crippen LogP contribution >= 0.6 is 0 Å². The number of halogens is 4. The molecule has 0 saturated carbocycles. The van der Waals surface area contributed by atoms with E-state index in [0.29, 0.717) is 0 Å². The van der Waals surface area contributed by atoms with Crippen molar-refractivity contribution in [3.8, 4) is 5.75 Å². The quantitative estimate of drug-likeness (QED) is 0.506.